The summed E-state index contributed by atoms with van der Waals surface area (Å²) in [5.74, 6) is -0.144. The van der Waals surface area contributed by atoms with E-state index in [1.165, 1.54) is 11.8 Å². The molecule has 0 bridgehead atoms. The van der Waals surface area contributed by atoms with Crippen LogP contribution < -0.4 is 4.90 Å². The standard InChI is InChI=1S/C21H15Cl2N3OS/c1-25-10-4-9-17(25)13-19-20(27)26(18-8-3-6-15(23)12-18)21(28-19)24-16-7-2-5-14(22)11-16/h2-13H,1H3/b19-13+,24-21?. The summed E-state index contributed by atoms with van der Waals surface area (Å²) in [6, 6.07) is 18.3. The van der Waals surface area contributed by atoms with Gasteiger partial charge in [0.2, 0.25) is 0 Å². The van der Waals surface area contributed by atoms with Crippen LogP contribution in [0.15, 0.2) is 76.8 Å². The van der Waals surface area contributed by atoms with Gasteiger partial charge in [-0.25, -0.2) is 4.99 Å². The van der Waals surface area contributed by atoms with Crippen LogP contribution in [-0.4, -0.2) is 15.6 Å². The van der Waals surface area contributed by atoms with E-state index >= 15 is 0 Å². The lowest BCUT2D eigenvalue weighted by atomic mass is 10.2. The topological polar surface area (TPSA) is 37.6 Å². The zero-order chi connectivity index (χ0) is 19.7. The summed E-state index contributed by atoms with van der Waals surface area (Å²) in [7, 11) is 1.94. The Kier molecular flexibility index (Phi) is 5.31. The number of carbonyl (C=O) groups is 1. The first-order valence-electron chi connectivity index (χ1n) is 8.46. The maximum absolute atomic E-state index is 13.2. The predicted octanol–water partition coefficient (Wildman–Crippen LogP) is 6.14. The second-order valence-electron chi connectivity index (χ2n) is 6.15. The van der Waals surface area contributed by atoms with Gasteiger partial charge >= 0.3 is 0 Å². The molecule has 0 atom stereocenters. The van der Waals surface area contributed by atoms with Crippen molar-refractivity contribution in [2.75, 3.05) is 4.90 Å². The van der Waals surface area contributed by atoms with Crippen LogP contribution in [-0.2, 0) is 11.8 Å². The molecule has 1 aromatic heterocycles. The first-order chi connectivity index (χ1) is 13.5. The van der Waals surface area contributed by atoms with E-state index in [9.17, 15) is 4.79 Å². The highest BCUT2D eigenvalue weighted by Crippen LogP contribution is 2.38. The van der Waals surface area contributed by atoms with E-state index < -0.39 is 0 Å². The van der Waals surface area contributed by atoms with Gasteiger partial charge in [0.25, 0.3) is 5.91 Å². The molecule has 0 spiro atoms. The van der Waals surface area contributed by atoms with Crippen molar-refractivity contribution in [2.24, 2.45) is 12.0 Å². The lowest BCUT2D eigenvalue weighted by molar-refractivity contribution is -0.113. The second-order valence-corrected chi connectivity index (χ2v) is 8.03. The van der Waals surface area contributed by atoms with Crippen LogP contribution in [0.25, 0.3) is 6.08 Å². The number of amides is 1. The fourth-order valence-electron chi connectivity index (χ4n) is 2.81. The van der Waals surface area contributed by atoms with E-state index in [0.29, 0.717) is 31.5 Å². The minimum atomic E-state index is -0.144. The summed E-state index contributed by atoms with van der Waals surface area (Å²) in [6.45, 7) is 0. The van der Waals surface area contributed by atoms with Gasteiger partial charge in [-0.1, -0.05) is 35.3 Å². The molecule has 0 saturated carbocycles. The van der Waals surface area contributed by atoms with Gasteiger partial charge in [-0.05, 0) is 66.4 Å². The Morgan fingerprint density at radius 1 is 1.00 bits per heavy atom. The Morgan fingerprint density at radius 2 is 1.75 bits per heavy atom. The number of anilines is 1. The van der Waals surface area contributed by atoms with Gasteiger partial charge < -0.3 is 4.57 Å². The Balaban J connectivity index is 1.80. The summed E-state index contributed by atoms with van der Waals surface area (Å²) in [5.41, 5.74) is 2.28. The van der Waals surface area contributed by atoms with Crippen LogP contribution in [0.3, 0.4) is 0 Å². The highest BCUT2D eigenvalue weighted by molar-refractivity contribution is 8.19. The summed E-state index contributed by atoms with van der Waals surface area (Å²) in [4.78, 5) is 20.0. The molecule has 1 aliphatic rings. The van der Waals surface area contributed by atoms with Gasteiger partial charge in [0.15, 0.2) is 5.17 Å². The maximum Gasteiger partial charge on any atom is 0.271 e. The Bertz CT molecular complexity index is 1120. The van der Waals surface area contributed by atoms with Crippen molar-refractivity contribution in [2.45, 2.75) is 0 Å². The number of nitrogens with zero attached hydrogens (tertiary/aromatic N) is 3. The third-order valence-corrected chi connectivity index (χ3v) is 5.61. The Labute approximate surface area is 177 Å². The van der Waals surface area contributed by atoms with Crippen LogP contribution in [0.4, 0.5) is 11.4 Å². The van der Waals surface area contributed by atoms with Gasteiger partial charge in [0, 0.05) is 29.0 Å². The number of halogens is 2. The van der Waals surface area contributed by atoms with Crippen molar-refractivity contribution in [3.05, 3.63) is 87.5 Å². The lowest BCUT2D eigenvalue weighted by Gasteiger charge is -2.16. The van der Waals surface area contributed by atoms with Crippen LogP contribution in [0, 0.1) is 0 Å². The molecule has 140 valence electrons. The summed E-state index contributed by atoms with van der Waals surface area (Å²) in [5, 5.41) is 1.69. The number of carbonyl (C=O) groups excluding carboxylic acids is 1. The smallest absolute Gasteiger partial charge is 0.271 e. The van der Waals surface area contributed by atoms with Crippen molar-refractivity contribution in [1.82, 2.24) is 4.57 Å². The molecule has 4 rings (SSSR count). The number of thioether (sulfide) groups is 1. The van der Waals surface area contributed by atoms with E-state index in [0.717, 1.165) is 5.69 Å². The molecule has 7 heteroatoms. The number of amidine groups is 1. The number of benzene rings is 2. The molecule has 2 heterocycles. The molecule has 1 saturated heterocycles. The number of aliphatic imine (C=N–C) groups is 1. The minimum Gasteiger partial charge on any atom is -0.351 e. The summed E-state index contributed by atoms with van der Waals surface area (Å²) in [6.07, 6.45) is 3.80. The molecule has 0 aliphatic carbocycles. The second kappa shape index (κ2) is 7.87. The molecule has 2 aromatic carbocycles. The van der Waals surface area contributed by atoms with Crippen molar-refractivity contribution < 1.29 is 4.79 Å². The van der Waals surface area contributed by atoms with E-state index in [2.05, 4.69) is 4.99 Å². The van der Waals surface area contributed by atoms with Gasteiger partial charge in [0.05, 0.1) is 16.3 Å². The molecular weight excluding hydrogens is 413 g/mol. The third kappa shape index (κ3) is 3.87. The van der Waals surface area contributed by atoms with Crippen molar-refractivity contribution >= 4 is 63.5 Å². The molecule has 0 unspecified atom stereocenters. The van der Waals surface area contributed by atoms with Gasteiger partial charge in [-0.15, -0.1) is 0 Å². The Morgan fingerprint density at radius 3 is 2.43 bits per heavy atom. The minimum absolute atomic E-state index is 0.144. The first-order valence-corrected chi connectivity index (χ1v) is 10.0. The summed E-state index contributed by atoms with van der Waals surface area (Å²) < 4.78 is 1.96. The van der Waals surface area contributed by atoms with Gasteiger partial charge in [-0.3, -0.25) is 9.69 Å². The number of rotatable bonds is 3. The molecule has 1 amide bonds. The maximum atomic E-state index is 13.2. The van der Waals surface area contributed by atoms with Crippen LogP contribution in [0.1, 0.15) is 5.69 Å². The molecule has 1 aliphatic heterocycles. The van der Waals surface area contributed by atoms with E-state index in [1.807, 2.05) is 60.3 Å². The van der Waals surface area contributed by atoms with Crippen LogP contribution >= 0.6 is 35.0 Å². The van der Waals surface area contributed by atoms with Crippen molar-refractivity contribution in [3.63, 3.8) is 0 Å². The SMILES string of the molecule is Cn1cccc1/C=C1/SC(=Nc2cccc(Cl)c2)N(c2cccc(Cl)c2)C1=O. The molecule has 28 heavy (non-hydrogen) atoms. The van der Waals surface area contributed by atoms with Crippen molar-refractivity contribution in [3.8, 4) is 0 Å². The Hall–Kier alpha value is -2.47. The van der Waals surface area contributed by atoms with Crippen LogP contribution in [0.5, 0.6) is 0 Å². The third-order valence-electron chi connectivity index (χ3n) is 4.17. The van der Waals surface area contributed by atoms with Gasteiger partial charge in [0.1, 0.15) is 0 Å². The fraction of sp³-hybridized carbons (Fsp3) is 0.0476. The zero-order valence-corrected chi connectivity index (χ0v) is 17.2. The predicted molar refractivity (Wildman–Crippen MR) is 118 cm³/mol. The quantitative estimate of drug-likeness (QED) is 0.470. The van der Waals surface area contributed by atoms with E-state index in [1.54, 1.807) is 29.2 Å². The van der Waals surface area contributed by atoms with Gasteiger partial charge in [-0.2, -0.15) is 0 Å². The number of aryl methyl sites for hydroxylation is 1. The number of hydrogen-bond acceptors (Lipinski definition) is 3. The summed E-state index contributed by atoms with van der Waals surface area (Å²) >= 11 is 13.6. The molecule has 0 N–H and O–H groups in total. The highest BCUT2D eigenvalue weighted by Gasteiger charge is 2.35. The first kappa shape index (κ1) is 18.9. The average molecular weight is 428 g/mol. The number of hydrogen-bond donors (Lipinski definition) is 0. The zero-order valence-electron chi connectivity index (χ0n) is 14.8. The monoisotopic (exact) mass is 427 g/mol. The normalized spacial score (nSPS) is 17.1. The molecule has 3 aromatic rings. The number of aromatic nitrogens is 1. The molecule has 1 fully saturated rings. The molecular formula is C21H15Cl2N3OS. The van der Waals surface area contributed by atoms with Crippen molar-refractivity contribution in [1.29, 1.82) is 0 Å². The van der Waals surface area contributed by atoms with Crippen LogP contribution in [0.2, 0.25) is 10.0 Å². The highest BCUT2D eigenvalue weighted by atomic mass is 35.5. The van der Waals surface area contributed by atoms with E-state index in [4.69, 9.17) is 23.2 Å². The fourth-order valence-corrected chi connectivity index (χ4v) is 4.16. The average Bonchev–Trinajstić information content (AvgIpc) is 3.19. The molecule has 0 radical (unpaired) electrons. The lowest BCUT2D eigenvalue weighted by Crippen LogP contribution is -2.28. The molecule has 4 nitrogen and oxygen atoms in total. The van der Waals surface area contributed by atoms with E-state index in [-0.39, 0.29) is 5.91 Å². The largest absolute Gasteiger partial charge is 0.351 e.